The molecule has 0 aromatic carbocycles. The van der Waals surface area contributed by atoms with E-state index in [2.05, 4.69) is 11.9 Å². The first-order valence-corrected chi connectivity index (χ1v) is 8.12. The van der Waals surface area contributed by atoms with Gasteiger partial charge in [-0.1, -0.05) is 25.3 Å². The van der Waals surface area contributed by atoms with Crippen molar-refractivity contribution in [1.82, 2.24) is 15.1 Å². The fourth-order valence-electron chi connectivity index (χ4n) is 3.20. The third-order valence-corrected chi connectivity index (χ3v) is 4.51. The van der Waals surface area contributed by atoms with E-state index in [4.69, 9.17) is 0 Å². The normalized spacial score (nSPS) is 20.2. The van der Waals surface area contributed by atoms with Gasteiger partial charge in [-0.25, -0.2) is 4.79 Å². The van der Waals surface area contributed by atoms with E-state index in [0.717, 1.165) is 0 Å². The lowest BCUT2D eigenvalue weighted by Gasteiger charge is -2.35. The molecule has 2 rings (SSSR count). The minimum Gasteiger partial charge on any atom is -0.339 e. The Balaban J connectivity index is 1.71. The number of carbonyl (C=O) groups is 2. The lowest BCUT2D eigenvalue weighted by molar-refractivity contribution is -0.133. The van der Waals surface area contributed by atoms with Crippen LogP contribution in [0, 0.1) is 5.92 Å². The van der Waals surface area contributed by atoms with Gasteiger partial charge in [0.1, 0.15) is 0 Å². The molecular formula is C16H27N3O2. The van der Waals surface area contributed by atoms with Gasteiger partial charge in [0, 0.05) is 39.1 Å². The summed E-state index contributed by atoms with van der Waals surface area (Å²) in [6.45, 7) is 6.64. The molecule has 1 saturated carbocycles. The van der Waals surface area contributed by atoms with Gasteiger partial charge < -0.3 is 15.1 Å². The van der Waals surface area contributed by atoms with Crippen LogP contribution in [0.25, 0.3) is 0 Å². The average Bonchev–Trinajstić information content (AvgIpc) is 2.53. The molecule has 2 fully saturated rings. The largest absolute Gasteiger partial charge is 0.339 e. The van der Waals surface area contributed by atoms with E-state index in [1.807, 2.05) is 4.90 Å². The Bertz CT molecular complexity index is 370. The van der Waals surface area contributed by atoms with E-state index < -0.39 is 0 Å². The van der Waals surface area contributed by atoms with Crippen molar-refractivity contribution in [1.29, 1.82) is 0 Å². The first kappa shape index (κ1) is 15.9. The molecule has 0 bridgehead atoms. The van der Waals surface area contributed by atoms with Gasteiger partial charge in [-0.3, -0.25) is 4.79 Å². The van der Waals surface area contributed by atoms with Gasteiger partial charge in [0.2, 0.25) is 5.91 Å². The van der Waals surface area contributed by atoms with Crippen LogP contribution in [0.3, 0.4) is 0 Å². The van der Waals surface area contributed by atoms with Gasteiger partial charge in [0.05, 0.1) is 0 Å². The SMILES string of the molecule is C=CCNC(=O)N1CCN(C(=O)CC2CCCCC2)CC1. The lowest BCUT2D eigenvalue weighted by atomic mass is 9.86. The van der Waals surface area contributed by atoms with Crippen molar-refractivity contribution in [3.8, 4) is 0 Å². The van der Waals surface area contributed by atoms with Gasteiger partial charge in [-0.05, 0) is 18.8 Å². The second-order valence-corrected chi connectivity index (χ2v) is 6.05. The number of hydrogen-bond donors (Lipinski definition) is 1. The average molecular weight is 293 g/mol. The smallest absolute Gasteiger partial charge is 0.317 e. The molecule has 2 aliphatic rings. The fraction of sp³-hybridized carbons (Fsp3) is 0.750. The van der Waals surface area contributed by atoms with Crippen LogP contribution in [0.15, 0.2) is 12.7 Å². The molecule has 0 spiro atoms. The summed E-state index contributed by atoms with van der Waals surface area (Å²) in [4.78, 5) is 27.8. The van der Waals surface area contributed by atoms with Crippen LogP contribution in [0.4, 0.5) is 4.79 Å². The first-order valence-electron chi connectivity index (χ1n) is 8.12. The highest BCUT2D eigenvalue weighted by Gasteiger charge is 2.26. The third kappa shape index (κ3) is 4.76. The molecular weight excluding hydrogens is 266 g/mol. The molecule has 3 amide bonds. The molecule has 0 aromatic heterocycles. The number of rotatable bonds is 4. The number of carbonyl (C=O) groups excluding carboxylic acids is 2. The lowest BCUT2D eigenvalue weighted by Crippen LogP contribution is -2.53. The second kappa shape index (κ2) is 8.05. The van der Waals surface area contributed by atoms with E-state index in [9.17, 15) is 9.59 Å². The maximum absolute atomic E-state index is 12.3. The summed E-state index contributed by atoms with van der Waals surface area (Å²) < 4.78 is 0. The minimum absolute atomic E-state index is 0.0609. The summed E-state index contributed by atoms with van der Waals surface area (Å²) >= 11 is 0. The molecule has 1 aliphatic heterocycles. The van der Waals surface area contributed by atoms with Gasteiger partial charge in [-0.15, -0.1) is 6.58 Å². The molecule has 1 N–H and O–H groups in total. The molecule has 0 aromatic rings. The number of amides is 3. The van der Waals surface area contributed by atoms with Gasteiger partial charge in [0.25, 0.3) is 0 Å². The van der Waals surface area contributed by atoms with Crippen molar-refractivity contribution >= 4 is 11.9 Å². The minimum atomic E-state index is -0.0609. The fourth-order valence-corrected chi connectivity index (χ4v) is 3.20. The predicted molar refractivity (Wildman–Crippen MR) is 82.9 cm³/mol. The van der Waals surface area contributed by atoms with Gasteiger partial charge in [0.15, 0.2) is 0 Å². The number of hydrogen-bond acceptors (Lipinski definition) is 2. The summed E-state index contributed by atoms with van der Waals surface area (Å²) in [6.07, 6.45) is 8.64. The summed E-state index contributed by atoms with van der Waals surface area (Å²) in [5.74, 6) is 0.855. The summed E-state index contributed by atoms with van der Waals surface area (Å²) in [6, 6.07) is -0.0609. The van der Waals surface area contributed by atoms with Crippen molar-refractivity contribution in [3.05, 3.63) is 12.7 Å². The molecule has 5 heteroatoms. The number of nitrogens with zero attached hydrogens (tertiary/aromatic N) is 2. The molecule has 1 saturated heterocycles. The third-order valence-electron chi connectivity index (χ3n) is 4.51. The van der Waals surface area contributed by atoms with E-state index in [1.165, 1.54) is 32.1 Å². The van der Waals surface area contributed by atoms with Crippen molar-refractivity contribution in [2.75, 3.05) is 32.7 Å². The van der Waals surface area contributed by atoms with E-state index in [0.29, 0.717) is 45.1 Å². The van der Waals surface area contributed by atoms with Crippen LogP contribution in [0.1, 0.15) is 38.5 Å². The van der Waals surface area contributed by atoms with Gasteiger partial charge >= 0.3 is 6.03 Å². The molecule has 118 valence electrons. The maximum atomic E-state index is 12.3. The predicted octanol–water partition coefficient (Wildman–Crippen LogP) is 2.00. The molecule has 0 atom stereocenters. The molecule has 1 aliphatic carbocycles. The Morgan fingerprint density at radius 1 is 1.05 bits per heavy atom. The number of urea groups is 1. The standard InChI is InChI=1S/C16H27N3O2/c1-2-8-17-16(21)19-11-9-18(10-12-19)15(20)13-14-6-4-3-5-7-14/h2,14H,1,3-13H2,(H,17,21). The Hall–Kier alpha value is -1.52. The van der Waals surface area contributed by atoms with Crippen molar-refractivity contribution in [2.45, 2.75) is 38.5 Å². The van der Waals surface area contributed by atoms with Crippen LogP contribution in [0.2, 0.25) is 0 Å². The zero-order valence-electron chi connectivity index (χ0n) is 12.9. The van der Waals surface area contributed by atoms with Crippen molar-refractivity contribution < 1.29 is 9.59 Å². The van der Waals surface area contributed by atoms with Crippen LogP contribution < -0.4 is 5.32 Å². The maximum Gasteiger partial charge on any atom is 0.317 e. The molecule has 5 nitrogen and oxygen atoms in total. The number of piperazine rings is 1. The Morgan fingerprint density at radius 2 is 1.67 bits per heavy atom. The van der Waals surface area contributed by atoms with E-state index >= 15 is 0 Å². The van der Waals surface area contributed by atoms with E-state index in [1.54, 1.807) is 11.0 Å². The zero-order chi connectivity index (χ0) is 15.1. The molecule has 1 heterocycles. The van der Waals surface area contributed by atoms with E-state index in [-0.39, 0.29) is 11.9 Å². The van der Waals surface area contributed by atoms with Crippen LogP contribution in [0.5, 0.6) is 0 Å². The zero-order valence-corrected chi connectivity index (χ0v) is 12.9. The Labute approximate surface area is 127 Å². The Morgan fingerprint density at radius 3 is 2.29 bits per heavy atom. The van der Waals surface area contributed by atoms with Gasteiger partial charge in [-0.2, -0.15) is 0 Å². The summed E-state index contributed by atoms with van der Waals surface area (Å²) in [5.41, 5.74) is 0. The highest BCUT2D eigenvalue weighted by molar-refractivity contribution is 5.78. The van der Waals surface area contributed by atoms with Crippen LogP contribution >= 0.6 is 0 Å². The summed E-state index contributed by atoms with van der Waals surface area (Å²) in [5, 5.41) is 2.78. The molecule has 0 radical (unpaired) electrons. The van der Waals surface area contributed by atoms with Crippen LogP contribution in [-0.2, 0) is 4.79 Å². The van der Waals surface area contributed by atoms with Crippen LogP contribution in [-0.4, -0.2) is 54.5 Å². The highest BCUT2D eigenvalue weighted by Crippen LogP contribution is 2.26. The van der Waals surface area contributed by atoms with Crippen molar-refractivity contribution in [2.24, 2.45) is 5.92 Å². The monoisotopic (exact) mass is 293 g/mol. The topological polar surface area (TPSA) is 52.7 Å². The van der Waals surface area contributed by atoms with Crippen molar-refractivity contribution in [3.63, 3.8) is 0 Å². The quantitative estimate of drug-likeness (QED) is 0.806. The molecule has 21 heavy (non-hydrogen) atoms. The first-order chi connectivity index (χ1) is 10.2. The molecule has 0 unspecified atom stereocenters. The number of nitrogens with one attached hydrogen (secondary N) is 1. The Kier molecular flexibility index (Phi) is 6.08. The summed E-state index contributed by atoms with van der Waals surface area (Å²) in [7, 11) is 0. The highest BCUT2D eigenvalue weighted by atomic mass is 16.2. The second-order valence-electron chi connectivity index (χ2n) is 6.05.